The summed E-state index contributed by atoms with van der Waals surface area (Å²) in [6, 6.07) is 11.8. The van der Waals surface area contributed by atoms with Gasteiger partial charge in [0, 0.05) is 30.7 Å². The van der Waals surface area contributed by atoms with Gasteiger partial charge in [-0.15, -0.1) is 0 Å². The third kappa shape index (κ3) is 8.57. The Morgan fingerprint density at radius 3 is 2.51 bits per heavy atom. The van der Waals surface area contributed by atoms with Gasteiger partial charge in [0.05, 0.1) is 18.7 Å². The first-order valence-electron chi connectivity index (χ1n) is 12.3. The topological polar surface area (TPSA) is 141 Å². The number of carboxylic acids is 2. The molecule has 1 saturated heterocycles. The van der Waals surface area contributed by atoms with Crippen LogP contribution in [0.25, 0.3) is 10.9 Å². The van der Waals surface area contributed by atoms with Gasteiger partial charge < -0.3 is 35.0 Å². The van der Waals surface area contributed by atoms with Crippen LogP contribution in [0.2, 0.25) is 0 Å². The lowest BCUT2D eigenvalue weighted by Crippen LogP contribution is -2.44. The molecule has 210 valence electrons. The van der Waals surface area contributed by atoms with Gasteiger partial charge in [-0.05, 0) is 67.9 Å². The highest BCUT2D eigenvalue weighted by molar-refractivity contribution is 6.27. The van der Waals surface area contributed by atoms with Crippen LogP contribution >= 0.6 is 0 Å². The fourth-order valence-electron chi connectivity index (χ4n) is 4.25. The fourth-order valence-corrected chi connectivity index (χ4v) is 4.25. The molecule has 1 atom stereocenters. The molecule has 1 aliphatic heterocycles. The van der Waals surface area contributed by atoms with Crippen LogP contribution < -0.4 is 14.8 Å². The summed E-state index contributed by atoms with van der Waals surface area (Å²) < 4.78 is 37.5. The number of likely N-dealkylation sites (tertiary alicyclic amines) is 1. The fraction of sp³-hybridized carbons (Fsp3) is 0.370. The molecule has 0 saturated carbocycles. The highest BCUT2D eigenvalue weighted by Crippen LogP contribution is 2.28. The Bertz CT molecular complexity index is 1260. The van der Waals surface area contributed by atoms with Crippen LogP contribution in [-0.2, 0) is 9.59 Å². The molecule has 0 amide bonds. The van der Waals surface area contributed by atoms with Crippen molar-refractivity contribution in [2.24, 2.45) is 0 Å². The number of aliphatic hydroxyl groups excluding tert-OH is 1. The quantitative estimate of drug-likeness (QED) is 0.233. The summed E-state index contributed by atoms with van der Waals surface area (Å²) in [6.45, 7) is 3.08. The van der Waals surface area contributed by atoms with Gasteiger partial charge in [-0.25, -0.2) is 14.0 Å². The minimum Gasteiger partial charge on any atom is -0.497 e. The summed E-state index contributed by atoms with van der Waals surface area (Å²) in [6.07, 6.45) is 2.97. The van der Waals surface area contributed by atoms with Crippen LogP contribution in [0.1, 0.15) is 24.5 Å². The summed E-state index contributed by atoms with van der Waals surface area (Å²) in [5.41, 5.74) is 1.68. The Morgan fingerprint density at radius 2 is 1.85 bits per heavy atom. The van der Waals surface area contributed by atoms with E-state index >= 15 is 0 Å². The second kappa shape index (κ2) is 14.3. The predicted octanol–water partition coefficient (Wildman–Crippen LogP) is 2.84. The highest BCUT2D eigenvalue weighted by atomic mass is 19.2. The lowest BCUT2D eigenvalue weighted by atomic mass is 10.0. The van der Waals surface area contributed by atoms with Gasteiger partial charge in [0.25, 0.3) is 0 Å². The smallest absolute Gasteiger partial charge is 0.414 e. The van der Waals surface area contributed by atoms with Crippen LogP contribution in [0.15, 0.2) is 48.7 Å². The molecule has 1 aliphatic rings. The van der Waals surface area contributed by atoms with Crippen molar-refractivity contribution >= 4 is 22.8 Å². The first-order valence-corrected chi connectivity index (χ1v) is 12.3. The van der Waals surface area contributed by atoms with E-state index in [-0.39, 0.29) is 12.4 Å². The number of piperidine rings is 1. The highest BCUT2D eigenvalue weighted by Gasteiger charge is 2.22. The van der Waals surface area contributed by atoms with Crippen molar-refractivity contribution in [1.29, 1.82) is 0 Å². The van der Waals surface area contributed by atoms with Crippen LogP contribution in [0, 0.1) is 11.6 Å². The molecule has 12 heteroatoms. The number of ether oxygens (including phenoxy) is 2. The van der Waals surface area contributed by atoms with E-state index in [2.05, 4.69) is 15.2 Å². The molecule has 0 bridgehead atoms. The third-order valence-electron chi connectivity index (χ3n) is 6.25. The van der Waals surface area contributed by atoms with E-state index in [0.717, 1.165) is 54.2 Å². The van der Waals surface area contributed by atoms with Crippen molar-refractivity contribution < 1.29 is 43.2 Å². The lowest BCUT2D eigenvalue weighted by Gasteiger charge is -2.33. The number of carboxylic acid groups (broad SMARTS) is 2. The minimum atomic E-state index is -1.82. The van der Waals surface area contributed by atoms with E-state index in [1.54, 1.807) is 13.3 Å². The van der Waals surface area contributed by atoms with Crippen LogP contribution in [0.4, 0.5) is 8.78 Å². The average Bonchev–Trinajstić information content (AvgIpc) is 2.93. The number of pyridine rings is 1. The minimum absolute atomic E-state index is 0.0677. The van der Waals surface area contributed by atoms with Crippen molar-refractivity contribution in [1.82, 2.24) is 15.2 Å². The Balaban J connectivity index is 0.000000631. The van der Waals surface area contributed by atoms with Gasteiger partial charge in [0.2, 0.25) is 5.82 Å². The van der Waals surface area contributed by atoms with Crippen molar-refractivity contribution in [2.75, 3.05) is 39.9 Å². The number of carbonyl (C=O) groups is 2. The number of aliphatic hydroxyl groups is 1. The summed E-state index contributed by atoms with van der Waals surface area (Å²) in [5, 5.41) is 30.0. The molecule has 2 aromatic carbocycles. The van der Waals surface area contributed by atoms with Gasteiger partial charge in [-0.1, -0.05) is 6.07 Å². The number of methoxy groups -OCH3 is 1. The van der Waals surface area contributed by atoms with E-state index in [4.69, 9.17) is 29.3 Å². The van der Waals surface area contributed by atoms with Gasteiger partial charge in [-0.2, -0.15) is 4.39 Å². The second-order valence-electron chi connectivity index (χ2n) is 8.84. The van der Waals surface area contributed by atoms with E-state index in [1.807, 2.05) is 24.3 Å². The maximum atomic E-state index is 13.6. The molecule has 0 spiro atoms. The van der Waals surface area contributed by atoms with E-state index in [0.29, 0.717) is 19.1 Å². The van der Waals surface area contributed by atoms with E-state index in [9.17, 15) is 13.9 Å². The SMILES string of the molecule is COc1ccc2nccc([C@@H](O)CN3CCC(NCCOc4cccc(F)c4F)CC3)c2c1.O=C(O)C(=O)O. The van der Waals surface area contributed by atoms with Crippen LogP contribution in [0.5, 0.6) is 11.5 Å². The number of hydrogen-bond acceptors (Lipinski definition) is 8. The second-order valence-corrected chi connectivity index (χ2v) is 8.84. The number of nitrogens with zero attached hydrogens (tertiary/aromatic N) is 2. The zero-order chi connectivity index (χ0) is 28.4. The molecule has 2 heterocycles. The third-order valence-corrected chi connectivity index (χ3v) is 6.25. The summed E-state index contributed by atoms with van der Waals surface area (Å²) in [5.74, 6) is -4.84. The van der Waals surface area contributed by atoms with Crippen molar-refractivity contribution in [3.63, 3.8) is 0 Å². The largest absolute Gasteiger partial charge is 0.497 e. The molecular weight excluding hydrogens is 516 g/mol. The van der Waals surface area contributed by atoms with E-state index in [1.165, 1.54) is 12.1 Å². The Kier molecular flexibility index (Phi) is 10.9. The average molecular weight is 548 g/mol. The van der Waals surface area contributed by atoms with Gasteiger partial charge in [0.15, 0.2) is 11.6 Å². The number of β-amino-alcohol motifs (C(OH)–C–C–N with tert-alkyl or cyclic N) is 1. The summed E-state index contributed by atoms with van der Waals surface area (Å²) in [7, 11) is 1.62. The first kappa shape index (κ1) is 29.7. The number of halogens is 2. The maximum Gasteiger partial charge on any atom is 0.414 e. The number of rotatable bonds is 9. The predicted molar refractivity (Wildman–Crippen MR) is 138 cm³/mol. The molecule has 1 fully saturated rings. The van der Waals surface area contributed by atoms with Crippen LogP contribution in [0.3, 0.4) is 0 Å². The normalized spacial score (nSPS) is 14.8. The number of fused-ring (bicyclic) bond motifs is 1. The van der Waals surface area contributed by atoms with Crippen LogP contribution in [-0.4, -0.2) is 83.1 Å². The standard InChI is InChI=1S/C25H29F2N3O3.C2H2O4/c1-32-18-5-6-22-20(15-18)19(7-10-29-22)23(31)16-30-12-8-17(9-13-30)28-11-14-33-24-4-2-3-21(26)25(24)27;3-1(4)2(5)6/h2-7,10,15,17,23,28,31H,8-9,11-14,16H2,1H3;(H,3,4)(H,5,6)/t23-;/m0./s1. The molecule has 0 aliphatic carbocycles. The molecule has 4 rings (SSSR count). The maximum absolute atomic E-state index is 13.6. The summed E-state index contributed by atoms with van der Waals surface area (Å²) >= 11 is 0. The molecule has 0 unspecified atom stereocenters. The van der Waals surface area contributed by atoms with E-state index < -0.39 is 29.7 Å². The Labute approximate surface area is 223 Å². The number of aromatic nitrogens is 1. The zero-order valence-corrected chi connectivity index (χ0v) is 21.3. The number of nitrogens with one attached hydrogen (secondary N) is 1. The lowest BCUT2D eigenvalue weighted by molar-refractivity contribution is -0.159. The first-order chi connectivity index (χ1) is 18.7. The molecular formula is C27H31F2N3O7. The Hall–Kier alpha value is -3.87. The molecule has 4 N–H and O–H groups in total. The molecule has 3 aromatic rings. The molecule has 0 radical (unpaired) electrons. The Morgan fingerprint density at radius 1 is 1.13 bits per heavy atom. The molecule has 39 heavy (non-hydrogen) atoms. The molecule has 10 nitrogen and oxygen atoms in total. The molecule has 1 aromatic heterocycles. The van der Waals surface area contributed by atoms with Crippen molar-refractivity contribution in [3.05, 3.63) is 65.9 Å². The monoisotopic (exact) mass is 547 g/mol. The number of benzene rings is 2. The number of aliphatic carboxylic acids is 2. The van der Waals surface area contributed by atoms with Gasteiger partial charge in [-0.3, -0.25) is 4.98 Å². The van der Waals surface area contributed by atoms with Crippen molar-refractivity contribution in [2.45, 2.75) is 25.0 Å². The summed E-state index contributed by atoms with van der Waals surface area (Å²) in [4.78, 5) is 24.8. The van der Waals surface area contributed by atoms with Crippen molar-refractivity contribution in [3.8, 4) is 11.5 Å². The van der Waals surface area contributed by atoms with Gasteiger partial charge >= 0.3 is 11.9 Å². The van der Waals surface area contributed by atoms with Gasteiger partial charge in [0.1, 0.15) is 12.4 Å². The zero-order valence-electron chi connectivity index (χ0n) is 21.3. The number of hydrogen-bond donors (Lipinski definition) is 4.